The number of hydrogen-bond acceptors (Lipinski definition) is 4. The standard InChI is InChI=1S/C18H15N5/c1-23-11-14(7-22-23)12-2-4-13(5-3-12)17-9-20-10-18-16(17)6-15(19)8-21-18/h2-11H,19H2,1H3. The number of nitrogens with zero attached hydrogens (tertiary/aromatic N) is 4. The van der Waals surface area contributed by atoms with Gasteiger partial charge in [-0.2, -0.15) is 5.10 Å². The number of fused-ring (bicyclic) bond motifs is 1. The van der Waals surface area contributed by atoms with Gasteiger partial charge in [-0.3, -0.25) is 14.6 Å². The molecule has 112 valence electrons. The smallest absolute Gasteiger partial charge is 0.0892 e. The summed E-state index contributed by atoms with van der Waals surface area (Å²) in [5.74, 6) is 0. The van der Waals surface area contributed by atoms with Crippen molar-refractivity contribution < 1.29 is 0 Å². The van der Waals surface area contributed by atoms with E-state index in [1.807, 2.05) is 31.7 Å². The molecule has 0 saturated carbocycles. The summed E-state index contributed by atoms with van der Waals surface area (Å²) >= 11 is 0. The molecule has 0 spiro atoms. The molecule has 23 heavy (non-hydrogen) atoms. The third-order valence-corrected chi connectivity index (χ3v) is 3.86. The van der Waals surface area contributed by atoms with E-state index >= 15 is 0 Å². The van der Waals surface area contributed by atoms with Crippen molar-refractivity contribution in [3.63, 3.8) is 0 Å². The SMILES string of the molecule is Cn1cc(-c2ccc(-c3cncc4ncc(N)cc34)cc2)cn1. The molecule has 0 bridgehead atoms. The Morgan fingerprint density at radius 2 is 1.70 bits per heavy atom. The van der Waals surface area contributed by atoms with Gasteiger partial charge in [-0.05, 0) is 17.2 Å². The topological polar surface area (TPSA) is 69.6 Å². The summed E-state index contributed by atoms with van der Waals surface area (Å²) in [4.78, 5) is 8.62. The van der Waals surface area contributed by atoms with Crippen molar-refractivity contribution in [2.75, 3.05) is 5.73 Å². The Morgan fingerprint density at radius 1 is 0.913 bits per heavy atom. The lowest BCUT2D eigenvalue weighted by molar-refractivity contribution is 0.768. The van der Waals surface area contributed by atoms with Gasteiger partial charge >= 0.3 is 0 Å². The highest BCUT2D eigenvalue weighted by molar-refractivity contribution is 5.95. The number of aryl methyl sites for hydroxylation is 1. The van der Waals surface area contributed by atoms with Crippen LogP contribution >= 0.6 is 0 Å². The second-order valence-corrected chi connectivity index (χ2v) is 5.50. The molecule has 0 unspecified atom stereocenters. The minimum Gasteiger partial charge on any atom is -0.397 e. The normalized spacial score (nSPS) is 11.0. The van der Waals surface area contributed by atoms with E-state index in [0.29, 0.717) is 5.69 Å². The first-order valence-electron chi connectivity index (χ1n) is 7.29. The van der Waals surface area contributed by atoms with Crippen LogP contribution in [0.3, 0.4) is 0 Å². The monoisotopic (exact) mass is 301 g/mol. The third kappa shape index (κ3) is 2.42. The van der Waals surface area contributed by atoms with Crippen molar-refractivity contribution in [3.05, 3.63) is 61.3 Å². The predicted molar refractivity (Wildman–Crippen MR) is 91.6 cm³/mol. The zero-order chi connectivity index (χ0) is 15.8. The van der Waals surface area contributed by atoms with E-state index < -0.39 is 0 Å². The Hall–Kier alpha value is -3.21. The summed E-state index contributed by atoms with van der Waals surface area (Å²) in [7, 11) is 1.91. The van der Waals surface area contributed by atoms with Gasteiger partial charge in [-0.15, -0.1) is 0 Å². The van der Waals surface area contributed by atoms with Gasteiger partial charge < -0.3 is 5.73 Å². The highest BCUT2D eigenvalue weighted by atomic mass is 15.2. The average molecular weight is 301 g/mol. The molecule has 5 nitrogen and oxygen atoms in total. The number of nitrogen functional groups attached to an aromatic ring is 1. The van der Waals surface area contributed by atoms with Gasteiger partial charge in [0.1, 0.15) is 0 Å². The van der Waals surface area contributed by atoms with Crippen LogP contribution in [0.5, 0.6) is 0 Å². The summed E-state index contributed by atoms with van der Waals surface area (Å²) in [6.45, 7) is 0. The average Bonchev–Trinajstić information content (AvgIpc) is 3.01. The molecule has 4 rings (SSSR count). The summed E-state index contributed by atoms with van der Waals surface area (Å²) in [6.07, 6.45) is 9.11. The largest absolute Gasteiger partial charge is 0.397 e. The fourth-order valence-electron chi connectivity index (χ4n) is 2.70. The Bertz CT molecular complexity index is 986. The van der Waals surface area contributed by atoms with Gasteiger partial charge in [0.15, 0.2) is 0 Å². The fourth-order valence-corrected chi connectivity index (χ4v) is 2.70. The number of rotatable bonds is 2. The summed E-state index contributed by atoms with van der Waals surface area (Å²) < 4.78 is 1.80. The van der Waals surface area contributed by atoms with Crippen LogP contribution in [0.1, 0.15) is 0 Å². The lowest BCUT2D eigenvalue weighted by Crippen LogP contribution is -1.90. The van der Waals surface area contributed by atoms with Crippen molar-refractivity contribution >= 4 is 16.6 Å². The minimum absolute atomic E-state index is 0.650. The van der Waals surface area contributed by atoms with Crippen molar-refractivity contribution in [3.8, 4) is 22.3 Å². The van der Waals surface area contributed by atoms with Gasteiger partial charge in [0.05, 0.1) is 29.8 Å². The molecule has 0 aliphatic rings. The Balaban J connectivity index is 1.81. The maximum Gasteiger partial charge on any atom is 0.0892 e. The van der Waals surface area contributed by atoms with Gasteiger partial charge in [-0.25, -0.2) is 0 Å². The number of anilines is 1. The van der Waals surface area contributed by atoms with Crippen LogP contribution in [-0.2, 0) is 7.05 Å². The molecule has 0 atom stereocenters. The molecular formula is C18H15N5. The van der Waals surface area contributed by atoms with Crippen LogP contribution in [0.15, 0.2) is 61.3 Å². The zero-order valence-corrected chi connectivity index (χ0v) is 12.6. The molecule has 0 fully saturated rings. The summed E-state index contributed by atoms with van der Waals surface area (Å²) in [5.41, 5.74) is 11.7. The predicted octanol–water partition coefficient (Wildman–Crippen LogP) is 3.28. The van der Waals surface area contributed by atoms with Crippen LogP contribution in [0, 0.1) is 0 Å². The molecule has 5 heteroatoms. The van der Waals surface area contributed by atoms with E-state index in [-0.39, 0.29) is 0 Å². The number of benzene rings is 1. The molecule has 2 N–H and O–H groups in total. The first kappa shape index (κ1) is 13.5. The van der Waals surface area contributed by atoms with Crippen molar-refractivity contribution in [2.24, 2.45) is 7.05 Å². The van der Waals surface area contributed by atoms with E-state index in [1.165, 1.54) is 0 Å². The maximum absolute atomic E-state index is 5.88. The Morgan fingerprint density at radius 3 is 2.43 bits per heavy atom. The highest BCUT2D eigenvalue weighted by Crippen LogP contribution is 2.29. The van der Waals surface area contributed by atoms with E-state index in [0.717, 1.165) is 33.2 Å². The van der Waals surface area contributed by atoms with Gasteiger partial charge in [0, 0.05) is 36.0 Å². The molecule has 1 aromatic carbocycles. The molecule has 0 aliphatic heterocycles. The Kier molecular flexibility index (Phi) is 3.05. The molecular weight excluding hydrogens is 286 g/mol. The quantitative estimate of drug-likeness (QED) is 0.617. The first-order valence-corrected chi connectivity index (χ1v) is 7.29. The maximum atomic E-state index is 5.88. The van der Waals surface area contributed by atoms with Crippen molar-refractivity contribution in [1.29, 1.82) is 0 Å². The van der Waals surface area contributed by atoms with Crippen LogP contribution in [-0.4, -0.2) is 19.7 Å². The lowest BCUT2D eigenvalue weighted by atomic mass is 10.00. The van der Waals surface area contributed by atoms with Crippen molar-refractivity contribution in [1.82, 2.24) is 19.7 Å². The second kappa shape index (κ2) is 5.21. The minimum atomic E-state index is 0.650. The number of nitrogens with two attached hydrogens (primary N) is 1. The zero-order valence-electron chi connectivity index (χ0n) is 12.6. The van der Waals surface area contributed by atoms with E-state index in [4.69, 9.17) is 5.73 Å². The summed E-state index contributed by atoms with van der Waals surface area (Å²) in [6, 6.07) is 10.3. The molecule has 4 aromatic rings. The Labute approximate surface area is 133 Å². The lowest BCUT2D eigenvalue weighted by Gasteiger charge is -2.07. The fraction of sp³-hybridized carbons (Fsp3) is 0.0556. The van der Waals surface area contributed by atoms with Gasteiger partial charge in [-0.1, -0.05) is 24.3 Å². The van der Waals surface area contributed by atoms with Crippen molar-refractivity contribution in [2.45, 2.75) is 0 Å². The van der Waals surface area contributed by atoms with Crippen LogP contribution in [0.4, 0.5) is 5.69 Å². The van der Waals surface area contributed by atoms with Gasteiger partial charge in [0.25, 0.3) is 0 Å². The van der Waals surface area contributed by atoms with Crippen LogP contribution in [0.25, 0.3) is 33.2 Å². The van der Waals surface area contributed by atoms with Crippen LogP contribution < -0.4 is 5.73 Å². The first-order chi connectivity index (χ1) is 11.2. The molecule has 0 radical (unpaired) electrons. The van der Waals surface area contributed by atoms with E-state index in [9.17, 15) is 0 Å². The van der Waals surface area contributed by atoms with E-state index in [1.54, 1.807) is 17.1 Å². The summed E-state index contributed by atoms with van der Waals surface area (Å²) in [5, 5.41) is 5.22. The molecule has 0 amide bonds. The second-order valence-electron chi connectivity index (χ2n) is 5.50. The number of aromatic nitrogens is 4. The molecule has 0 saturated heterocycles. The van der Waals surface area contributed by atoms with Gasteiger partial charge in [0.2, 0.25) is 0 Å². The molecule has 3 heterocycles. The number of pyridine rings is 2. The molecule has 3 aromatic heterocycles. The third-order valence-electron chi connectivity index (χ3n) is 3.86. The number of hydrogen-bond donors (Lipinski definition) is 1. The highest BCUT2D eigenvalue weighted by Gasteiger charge is 2.07. The van der Waals surface area contributed by atoms with Crippen LogP contribution in [0.2, 0.25) is 0 Å². The van der Waals surface area contributed by atoms with E-state index in [2.05, 4.69) is 39.3 Å². The molecule has 0 aliphatic carbocycles.